The lowest BCUT2D eigenvalue weighted by Crippen LogP contribution is -2.51. The number of nitrogens with zero attached hydrogens (tertiary/aromatic N) is 1. The minimum atomic E-state index is -0.366. The quantitative estimate of drug-likeness (QED) is 0.627. The molecular weight excluding hydrogens is 140 g/mol. The van der Waals surface area contributed by atoms with Crippen LogP contribution in [0, 0.1) is 0 Å². The van der Waals surface area contributed by atoms with Crippen molar-refractivity contribution >= 4 is 5.91 Å². The van der Waals surface area contributed by atoms with E-state index in [0.29, 0.717) is 0 Å². The Morgan fingerprint density at radius 3 is 2.73 bits per heavy atom. The molecule has 1 fully saturated rings. The van der Waals surface area contributed by atoms with Gasteiger partial charge in [0.05, 0.1) is 5.54 Å². The maximum Gasteiger partial charge on any atom is 0.237 e. The van der Waals surface area contributed by atoms with Crippen molar-refractivity contribution in [2.24, 2.45) is 5.73 Å². The lowest BCUT2D eigenvalue weighted by atomic mass is 9.98. The third-order valence-electron chi connectivity index (χ3n) is 2.70. The van der Waals surface area contributed by atoms with Gasteiger partial charge in [0.15, 0.2) is 0 Å². The number of likely N-dealkylation sites (N-methyl/N-ethyl adjacent to an activating group) is 1. The molecule has 1 rings (SSSR count). The summed E-state index contributed by atoms with van der Waals surface area (Å²) in [5, 5.41) is 0. The molecule has 0 spiro atoms. The summed E-state index contributed by atoms with van der Waals surface area (Å²) in [6, 6.07) is 0. The van der Waals surface area contributed by atoms with E-state index in [1.165, 1.54) is 0 Å². The fraction of sp³-hybridized carbons (Fsp3) is 0.875. The fourth-order valence-corrected chi connectivity index (χ4v) is 1.81. The van der Waals surface area contributed by atoms with Crippen molar-refractivity contribution < 1.29 is 4.79 Å². The van der Waals surface area contributed by atoms with Crippen LogP contribution in [-0.4, -0.2) is 29.4 Å². The third kappa shape index (κ3) is 1.25. The van der Waals surface area contributed by atoms with Crippen LogP contribution in [0.1, 0.15) is 26.7 Å². The van der Waals surface area contributed by atoms with Crippen molar-refractivity contribution in [2.75, 3.05) is 13.1 Å². The standard InChI is InChI=1S/C8H16N2O/c1-3-10-6-4-5-8(10,2)7(9)11/h3-6H2,1-2H3,(H2,9,11). The van der Waals surface area contributed by atoms with E-state index >= 15 is 0 Å². The number of primary amides is 1. The summed E-state index contributed by atoms with van der Waals surface area (Å²) < 4.78 is 0. The van der Waals surface area contributed by atoms with Crippen molar-refractivity contribution in [1.29, 1.82) is 0 Å². The number of likely N-dealkylation sites (tertiary alicyclic amines) is 1. The molecule has 3 heteroatoms. The van der Waals surface area contributed by atoms with Crippen LogP contribution in [0.25, 0.3) is 0 Å². The van der Waals surface area contributed by atoms with Gasteiger partial charge in [0.1, 0.15) is 0 Å². The molecule has 1 saturated heterocycles. The summed E-state index contributed by atoms with van der Waals surface area (Å²) in [4.78, 5) is 13.2. The number of carbonyl (C=O) groups excluding carboxylic acids is 1. The van der Waals surface area contributed by atoms with Gasteiger partial charge >= 0.3 is 0 Å². The average Bonchev–Trinajstić information content (AvgIpc) is 2.32. The van der Waals surface area contributed by atoms with Crippen LogP contribution in [0.4, 0.5) is 0 Å². The summed E-state index contributed by atoms with van der Waals surface area (Å²) in [5.74, 6) is -0.183. The minimum Gasteiger partial charge on any atom is -0.368 e. The van der Waals surface area contributed by atoms with Gasteiger partial charge in [0.25, 0.3) is 0 Å². The Kier molecular flexibility index (Phi) is 2.18. The lowest BCUT2D eigenvalue weighted by molar-refractivity contribution is -0.127. The van der Waals surface area contributed by atoms with Crippen LogP contribution < -0.4 is 5.73 Å². The van der Waals surface area contributed by atoms with Crippen LogP contribution in [0.5, 0.6) is 0 Å². The Balaban J connectivity index is 2.75. The van der Waals surface area contributed by atoms with Gasteiger partial charge in [-0.05, 0) is 32.9 Å². The lowest BCUT2D eigenvalue weighted by Gasteiger charge is -2.30. The molecule has 64 valence electrons. The smallest absolute Gasteiger partial charge is 0.237 e. The fourth-order valence-electron chi connectivity index (χ4n) is 1.81. The van der Waals surface area contributed by atoms with Crippen molar-refractivity contribution in [3.8, 4) is 0 Å². The van der Waals surface area contributed by atoms with Crippen LogP contribution in [0.15, 0.2) is 0 Å². The van der Waals surface area contributed by atoms with E-state index in [0.717, 1.165) is 25.9 Å². The first-order chi connectivity index (χ1) is 5.11. The highest BCUT2D eigenvalue weighted by Gasteiger charge is 2.40. The molecular formula is C8H16N2O. The molecule has 0 radical (unpaired) electrons. The van der Waals surface area contributed by atoms with Gasteiger partial charge in [-0.15, -0.1) is 0 Å². The van der Waals surface area contributed by atoms with Gasteiger partial charge in [-0.2, -0.15) is 0 Å². The van der Waals surface area contributed by atoms with E-state index in [1.54, 1.807) is 0 Å². The zero-order chi connectivity index (χ0) is 8.48. The summed E-state index contributed by atoms with van der Waals surface area (Å²) in [7, 11) is 0. The van der Waals surface area contributed by atoms with Gasteiger partial charge in [-0.3, -0.25) is 9.69 Å². The molecule has 2 N–H and O–H groups in total. The minimum absolute atomic E-state index is 0.183. The summed E-state index contributed by atoms with van der Waals surface area (Å²) >= 11 is 0. The van der Waals surface area contributed by atoms with Gasteiger partial charge in [0, 0.05) is 0 Å². The molecule has 1 atom stereocenters. The monoisotopic (exact) mass is 156 g/mol. The Bertz CT molecular complexity index is 169. The highest BCUT2D eigenvalue weighted by molar-refractivity contribution is 5.84. The van der Waals surface area contributed by atoms with E-state index in [2.05, 4.69) is 11.8 Å². The Hall–Kier alpha value is -0.570. The summed E-state index contributed by atoms with van der Waals surface area (Å²) in [6.07, 6.45) is 2.00. The second-order valence-corrected chi connectivity index (χ2v) is 3.32. The van der Waals surface area contributed by atoms with Crippen LogP contribution in [-0.2, 0) is 4.79 Å². The van der Waals surface area contributed by atoms with Crippen LogP contribution >= 0.6 is 0 Å². The first-order valence-corrected chi connectivity index (χ1v) is 4.16. The van der Waals surface area contributed by atoms with Gasteiger partial charge in [-0.1, -0.05) is 6.92 Å². The van der Waals surface area contributed by atoms with E-state index in [-0.39, 0.29) is 11.4 Å². The molecule has 0 aliphatic carbocycles. The highest BCUT2D eigenvalue weighted by atomic mass is 16.1. The molecule has 1 unspecified atom stereocenters. The number of hydrogen-bond acceptors (Lipinski definition) is 2. The number of nitrogens with two attached hydrogens (primary N) is 1. The average molecular weight is 156 g/mol. The molecule has 11 heavy (non-hydrogen) atoms. The van der Waals surface area contributed by atoms with E-state index in [4.69, 9.17) is 5.73 Å². The van der Waals surface area contributed by atoms with E-state index in [9.17, 15) is 4.79 Å². The number of amides is 1. The topological polar surface area (TPSA) is 46.3 Å². The molecule has 0 aromatic rings. The third-order valence-corrected chi connectivity index (χ3v) is 2.70. The second-order valence-electron chi connectivity index (χ2n) is 3.32. The first-order valence-electron chi connectivity index (χ1n) is 4.16. The number of carbonyl (C=O) groups is 1. The molecule has 1 aliphatic heterocycles. The Morgan fingerprint density at radius 2 is 2.36 bits per heavy atom. The summed E-state index contributed by atoms with van der Waals surface area (Å²) in [6.45, 7) is 5.92. The molecule has 0 bridgehead atoms. The molecule has 0 saturated carbocycles. The zero-order valence-corrected chi connectivity index (χ0v) is 7.26. The van der Waals surface area contributed by atoms with Crippen molar-refractivity contribution in [1.82, 2.24) is 4.90 Å². The normalized spacial score (nSPS) is 32.5. The zero-order valence-electron chi connectivity index (χ0n) is 7.26. The summed E-state index contributed by atoms with van der Waals surface area (Å²) in [5.41, 5.74) is 4.95. The van der Waals surface area contributed by atoms with Crippen LogP contribution in [0.2, 0.25) is 0 Å². The number of hydrogen-bond donors (Lipinski definition) is 1. The molecule has 1 heterocycles. The second kappa shape index (κ2) is 2.81. The maximum atomic E-state index is 11.1. The molecule has 1 aliphatic rings. The van der Waals surface area contributed by atoms with E-state index < -0.39 is 0 Å². The van der Waals surface area contributed by atoms with Crippen LogP contribution in [0.3, 0.4) is 0 Å². The largest absolute Gasteiger partial charge is 0.368 e. The highest BCUT2D eigenvalue weighted by Crippen LogP contribution is 2.27. The SMILES string of the molecule is CCN1CCCC1(C)C(N)=O. The molecule has 1 amide bonds. The predicted octanol–water partition coefficient (Wildman–Crippen LogP) is 0.346. The van der Waals surface area contributed by atoms with Crippen molar-refractivity contribution in [3.05, 3.63) is 0 Å². The van der Waals surface area contributed by atoms with Crippen molar-refractivity contribution in [3.63, 3.8) is 0 Å². The van der Waals surface area contributed by atoms with Gasteiger partial charge < -0.3 is 5.73 Å². The Morgan fingerprint density at radius 1 is 1.73 bits per heavy atom. The molecule has 0 aromatic carbocycles. The first kappa shape index (κ1) is 8.53. The van der Waals surface area contributed by atoms with Crippen molar-refractivity contribution in [2.45, 2.75) is 32.2 Å². The maximum absolute atomic E-state index is 11.1. The predicted molar refractivity (Wildman–Crippen MR) is 44.1 cm³/mol. The Labute approximate surface area is 67.5 Å². The van der Waals surface area contributed by atoms with Gasteiger partial charge in [0.2, 0.25) is 5.91 Å². The number of rotatable bonds is 2. The molecule has 0 aromatic heterocycles. The van der Waals surface area contributed by atoms with Gasteiger partial charge in [-0.25, -0.2) is 0 Å². The van der Waals surface area contributed by atoms with E-state index in [1.807, 2.05) is 6.92 Å². The molecule has 3 nitrogen and oxygen atoms in total.